The van der Waals surface area contributed by atoms with Gasteiger partial charge in [0.1, 0.15) is 11.8 Å². The van der Waals surface area contributed by atoms with Gasteiger partial charge in [-0.3, -0.25) is 0 Å². The maximum Gasteiger partial charge on any atom is 0.317 e. The van der Waals surface area contributed by atoms with Crippen molar-refractivity contribution >= 4 is 5.84 Å². The molecule has 19 heavy (non-hydrogen) atoms. The topological polar surface area (TPSA) is 93.6 Å². The fourth-order valence-corrected chi connectivity index (χ4v) is 2.46. The molecule has 1 aromatic rings. The Kier molecular flexibility index (Phi) is 4.54. The number of nitrogens with two attached hydrogens (primary N) is 1. The maximum atomic E-state index is 8.63. The van der Waals surface area contributed by atoms with Crippen LogP contribution in [0.4, 0.5) is 0 Å². The standard InChI is InChI=1S/C13H20N4O2/c1-2-9-4-3-5-10(8-9)19-13-15-7-6-11(16-13)12(14)17-18/h6-7,9-10,18H,2-5,8H2,1H3,(H2,14,17). The molecule has 1 saturated carbocycles. The van der Waals surface area contributed by atoms with Crippen molar-refractivity contribution in [2.75, 3.05) is 0 Å². The van der Waals surface area contributed by atoms with Crippen LogP contribution in [-0.2, 0) is 0 Å². The van der Waals surface area contributed by atoms with Gasteiger partial charge in [-0.1, -0.05) is 24.9 Å². The molecule has 1 heterocycles. The highest BCUT2D eigenvalue weighted by atomic mass is 16.5. The van der Waals surface area contributed by atoms with Gasteiger partial charge in [-0.25, -0.2) is 4.98 Å². The van der Waals surface area contributed by atoms with Crippen LogP contribution in [0.5, 0.6) is 6.01 Å². The number of ether oxygens (including phenoxy) is 1. The highest BCUT2D eigenvalue weighted by Crippen LogP contribution is 2.28. The first-order valence-corrected chi connectivity index (χ1v) is 6.70. The van der Waals surface area contributed by atoms with Crippen LogP contribution < -0.4 is 10.5 Å². The lowest BCUT2D eigenvalue weighted by Crippen LogP contribution is -2.26. The third-order valence-electron chi connectivity index (χ3n) is 3.59. The molecule has 2 unspecified atom stereocenters. The van der Waals surface area contributed by atoms with Crippen LogP contribution in [0.15, 0.2) is 17.4 Å². The first-order chi connectivity index (χ1) is 9.22. The van der Waals surface area contributed by atoms with E-state index in [0.29, 0.717) is 11.7 Å². The molecule has 2 atom stereocenters. The van der Waals surface area contributed by atoms with E-state index in [9.17, 15) is 0 Å². The summed E-state index contributed by atoms with van der Waals surface area (Å²) in [5, 5.41) is 11.5. The second-order valence-corrected chi connectivity index (χ2v) is 4.89. The largest absolute Gasteiger partial charge is 0.460 e. The van der Waals surface area contributed by atoms with E-state index < -0.39 is 0 Å². The molecule has 6 nitrogen and oxygen atoms in total. The van der Waals surface area contributed by atoms with E-state index in [1.807, 2.05) is 0 Å². The zero-order chi connectivity index (χ0) is 13.7. The van der Waals surface area contributed by atoms with Crippen molar-refractivity contribution in [3.8, 4) is 6.01 Å². The van der Waals surface area contributed by atoms with Gasteiger partial charge in [0, 0.05) is 6.20 Å². The Hall–Kier alpha value is -1.85. The second kappa shape index (κ2) is 6.36. The lowest BCUT2D eigenvalue weighted by molar-refractivity contribution is 0.111. The Balaban J connectivity index is 2.02. The molecule has 1 aliphatic carbocycles. The van der Waals surface area contributed by atoms with E-state index in [2.05, 4.69) is 22.0 Å². The molecule has 1 aromatic heterocycles. The fourth-order valence-electron chi connectivity index (χ4n) is 2.46. The number of rotatable bonds is 4. The SMILES string of the molecule is CCC1CCCC(Oc2nccc(/C(N)=N/O)n2)C1. The highest BCUT2D eigenvalue weighted by molar-refractivity contribution is 5.95. The van der Waals surface area contributed by atoms with Gasteiger partial charge in [0.05, 0.1) is 0 Å². The summed E-state index contributed by atoms with van der Waals surface area (Å²) < 4.78 is 5.81. The van der Waals surface area contributed by atoms with Crippen LogP contribution in [0.25, 0.3) is 0 Å². The molecule has 0 saturated heterocycles. The average molecular weight is 264 g/mol. The summed E-state index contributed by atoms with van der Waals surface area (Å²) in [5.74, 6) is 0.688. The molecule has 0 aliphatic heterocycles. The van der Waals surface area contributed by atoms with Gasteiger partial charge in [0.25, 0.3) is 0 Å². The molecule has 1 aliphatic rings. The predicted octanol–water partition coefficient (Wildman–Crippen LogP) is 1.92. The quantitative estimate of drug-likeness (QED) is 0.375. The van der Waals surface area contributed by atoms with E-state index >= 15 is 0 Å². The van der Waals surface area contributed by atoms with Gasteiger partial charge < -0.3 is 15.7 Å². The normalized spacial score (nSPS) is 24.2. The minimum absolute atomic E-state index is 0.0395. The molecule has 0 aromatic carbocycles. The molecular formula is C13H20N4O2. The summed E-state index contributed by atoms with van der Waals surface area (Å²) in [6, 6.07) is 1.88. The first-order valence-electron chi connectivity index (χ1n) is 6.70. The van der Waals surface area contributed by atoms with Crippen molar-refractivity contribution in [3.63, 3.8) is 0 Å². The van der Waals surface area contributed by atoms with Crippen molar-refractivity contribution in [2.24, 2.45) is 16.8 Å². The van der Waals surface area contributed by atoms with Crippen molar-refractivity contribution in [2.45, 2.75) is 45.1 Å². The van der Waals surface area contributed by atoms with E-state index in [1.54, 1.807) is 12.3 Å². The Labute approximate surface area is 112 Å². The number of aromatic nitrogens is 2. The van der Waals surface area contributed by atoms with Gasteiger partial charge in [-0.2, -0.15) is 4.98 Å². The van der Waals surface area contributed by atoms with E-state index in [1.165, 1.54) is 19.3 Å². The highest BCUT2D eigenvalue weighted by Gasteiger charge is 2.23. The minimum atomic E-state index is -0.0395. The molecule has 0 radical (unpaired) electrons. The summed E-state index contributed by atoms with van der Waals surface area (Å²) in [6.45, 7) is 2.21. The number of nitrogens with zero attached hydrogens (tertiary/aromatic N) is 3. The van der Waals surface area contributed by atoms with E-state index in [4.69, 9.17) is 15.7 Å². The molecule has 0 spiro atoms. The first kappa shape index (κ1) is 13.6. The molecule has 6 heteroatoms. The van der Waals surface area contributed by atoms with Crippen molar-refractivity contribution in [1.82, 2.24) is 9.97 Å². The molecule has 3 N–H and O–H groups in total. The van der Waals surface area contributed by atoms with Gasteiger partial charge in [0.15, 0.2) is 5.84 Å². The number of oxime groups is 1. The molecule has 1 fully saturated rings. The summed E-state index contributed by atoms with van der Waals surface area (Å²) >= 11 is 0. The molecule has 2 rings (SSSR count). The Morgan fingerprint density at radius 2 is 2.42 bits per heavy atom. The van der Waals surface area contributed by atoms with Crippen LogP contribution in [0.3, 0.4) is 0 Å². The monoisotopic (exact) mass is 264 g/mol. The third kappa shape index (κ3) is 3.56. The Morgan fingerprint density at radius 1 is 1.58 bits per heavy atom. The lowest BCUT2D eigenvalue weighted by atomic mass is 9.86. The van der Waals surface area contributed by atoms with Gasteiger partial charge in [-0.05, 0) is 31.2 Å². The maximum absolute atomic E-state index is 8.63. The summed E-state index contributed by atoms with van der Waals surface area (Å²) in [6.07, 6.45) is 7.45. The summed E-state index contributed by atoms with van der Waals surface area (Å²) in [5.41, 5.74) is 5.86. The molecule has 0 bridgehead atoms. The summed E-state index contributed by atoms with van der Waals surface area (Å²) in [7, 11) is 0. The van der Waals surface area contributed by atoms with Crippen molar-refractivity contribution in [3.05, 3.63) is 18.0 Å². The number of hydrogen-bond acceptors (Lipinski definition) is 5. The van der Waals surface area contributed by atoms with Gasteiger partial charge >= 0.3 is 6.01 Å². The van der Waals surface area contributed by atoms with Crippen molar-refractivity contribution in [1.29, 1.82) is 0 Å². The smallest absolute Gasteiger partial charge is 0.317 e. The average Bonchev–Trinajstić information content (AvgIpc) is 2.47. The Bertz CT molecular complexity index is 450. The van der Waals surface area contributed by atoms with Crippen LogP contribution >= 0.6 is 0 Å². The van der Waals surface area contributed by atoms with Crippen LogP contribution in [0, 0.1) is 5.92 Å². The summed E-state index contributed by atoms with van der Waals surface area (Å²) in [4.78, 5) is 8.21. The van der Waals surface area contributed by atoms with Crippen LogP contribution in [-0.4, -0.2) is 27.1 Å². The van der Waals surface area contributed by atoms with Gasteiger partial charge in [0.2, 0.25) is 0 Å². The lowest BCUT2D eigenvalue weighted by Gasteiger charge is -2.28. The van der Waals surface area contributed by atoms with Crippen LogP contribution in [0.2, 0.25) is 0 Å². The zero-order valence-corrected chi connectivity index (χ0v) is 11.1. The predicted molar refractivity (Wildman–Crippen MR) is 71.2 cm³/mol. The van der Waals surface area contributed by atoms with Gasteiger partial charge in [-0.15, -0.1) is 0 Å². The van der Waals surface area contributed by atoms with Crippen molar-refractivity contribution < 1.29 is 9.94 Å². The minimum Gasteiger partial charge on any atom is -0.460 e. The van der Waals surface area contributed by atoms with E-state index in [-0.39, 0.29) is 11.9 Å². The fraction of sp³-hybridized carbons (Fsp3) is 0.615. The van der Waals surface area contributed by atoms with E-state index in [0.717, 1.165) is 18.8 Å². The molecule has 104 valence electrons. The Morgan fingerprint density at radius 3 is 3.16 bits per heavy atom. The molecular weight excluding hydrogens is 244 g/mol. The second-order valence-electron chi connectivity index (χ2n) is 4.89. The zero-order valence-electron chi connectivity index (χ0n) is 11.1. The number of amidine groups is 1. The number of hydrogen-bond donors (Lipinski definition) is 2. The third-order valence-corrected chi connectivity index (χ3v) is 3.59. The molecule has 0 amide bonds. The van der Waals surface area contributed by atoms with Crippen LogP contribution in [0.1, 0.15) is 44.7 Å².